The average Bonchev–Trinajstić information content (AvgIpc) is 3.22. The number of alkyl halides is 3. The minimum Gasteiger partial charge on any atom is -0.480 e. The summed E-state index contributed by atoms with van der Waals surface area (Å²) in [5, 5.41) is 9.06. The lowest BCUT2D eigenvalue weighted by molar-refractivity contribution is -0.274. The highest BCUT2D eigenvalue weighted by atomic mass is 19.4. The molecule has 1 aliphatic rings. The molecule has 0 bridgehead atoms. The van der Waals surface area contributed by atoms with E-state index < -0.39 is 30.0 Å². The number of nitrogens with zero attached hydrogens (tertiary/aromatic N) is 1. The minimum absolute atomic E-state index is 0.120. The van der Waals surface area contributed by atoms with E-state index in [9.17, 15) is 22.8 Å². The minimum atomic E-state index is -4.80. The van der Waals surface area contributed by atoms with Gasteiger partial charge in [0.05, 0.1) is 0 Å². The summed E-state index contributed by atoms with van der Waals surface area (Å²) < 4.78 is 39.9. The summed E-state index contributed by atoms with van der Waals surface area (Å²) in [6.07, 6.45) is -3.36. The van der Waals surface area contributed by atoms with Gasteiger partial charge in [0.1, 0.15) is 11.8 Å². The van der Waals surface area contributed by atoms with Crippen molar-refractivity contribution in [3.05, 3.63) is 29.8 Å². The zero-order valence-electron chi connectivity index (χ0n) is 11.6. The van der Waals surface area contributed by atoms with E-state index in [-0.39, 0.29) is 11.6 Å². The van der Waals surface area contributed by atoms with Crippen molar-refractivity contribution in [3.63, 3.8) is 0 Å². The lowest BCUT2D eigenvalue weighted by Crippen LogP contribution is -2.44. The lowest BCUT2D eigenvalue weighted by atomic mass is 10.1. The molecular weight excluding hydrogens is 303 g/mol. The first-order valence-corrected chi connectivity index (χ1v) is 6.60. The van der Waals surface area contributed by atoms with Gasteiger partial charge in [-0.2, -0.15) is 0 Å². The summed E-state index contributed by atoms with van der Waals surface area (Å²) in [6.45, 7) is 1.40. The highest BCUT2D eigenvalue weighted by Gasteiger charge is 2.38. The Kier molecular flexibility index (Phi) is 4.30. The van der Waals surface area contributed by atoms with Gasteiger partial charge >= 0.3 is 12.3 Å². The predicted molar refractivity (Wildman–Crippen MR) is 69.4 cm³/mol. The number of amides is 1. The summed E-state index contributed by atoms with van der Waals surface area (Å²) in [5.41, 5.74) is 0.120. The number of carbonyl (C=O) groups is 2. The highest BCUT2D eigenvalue weighted by molar-refractivity contribution is 5.97. The number of halogens is 3. The molecule has 0 aliphatic heterocycles. The second kappa shape index (κ2) is 5.86. The van der Waals surface area contributed by atoms with Crippen LogP contribution in [0.3, 0.4) is 0 Å². The van der Waals surface area contributed by atoms with E-state index in [1.54, 1.807) is 0 Å². The number of carboxylic acid groups (broad SMARTS) is 1. The summed E-state index contributed by atoms with van der Waals surface area (Å²) in [5.74, 6) is -2.08. The molecule has 8 heteroatoms. The van der Waals surface area contributed by atoms with E-state index in [0.29, 0.717) is 0 Å². The molecule has 0 heterocycles. The highest BCUT2D eigenvalue weighted by Crippen LogP contribution is 2.31. The van der Waals surface area contributed by atoms with Crippen LogP contribution in [0.15, 0.2) is 24.3 Å². The first kappa shape index (κ1) is 16.1. The molecule has 5 nitrogen and oxygen atoms in total. The molecular formula is C14H14F3NO4. The van der Waals surface area contributed by atoms with Crippen LogP contribution in [0.1, 0.15) is 30.1 Å². The van der Waals surface area contributed by atoms with Crippen molar-refractivity contribution in [2.24, 2.45) is 0 Å². The maximum atomic E-state index is 12.4. The van der Waals surface area contributed by atoms with Crippen LogP contribution in [0.5, 0.6) is 5.75 Å². The van der Waals surface area contributed by atoms with Gasteiger partial charge in [-0.05, 0) is 44.0 Å². The van der Waals surface area contributed by atoms with Crippen molar-refractivity contribution in [1.82, 2.24) is 4.90 Å². The van der Waals surface area contributed by atoms with Crippen molar-refractivity contribution < 1.29 is 32.6 Å². The Morgan fingerprint density at radius 2 is 1.82 bits per heavy atom. The van der Waals surface area contributed by atoms with Gasteiger partial charge < -0.3 is 14.7 Å². The number of ether oxygens (including phenoxy) is 1. The van der Waals surface area contributed by atoms with E-state index >= 15 is 0 Å². The third-order valence-electron chi connectivity index (χ3n) is 3.28. The van der Waals surface area contributed by atoms with Crippen LogP contribution in [0.2, 0.25) is 0 Å². The van der Waals surface area contributed by atoms with Gasteiger partial charge in [0.15, 0.2) is 0 Å². The van der Waals surface area contributed by atoms with Crippen LogP contribution in [0.25, 0.3) is 0 Å². The number of carbonyl (C=O) groups excluding carboxylic acids is 1. The Bertz CT molecular complexity index is 566. The fourth-order valence-corrected chi connectivity index (χ4v) is 2.08. The van der Waals surface area contributed by atoms with E-state index in [0.717, 1.165) is 25.0 Å². The van der Waals surface area contributed by atoms with Crippen molar-refractivity contribution in [2.75, 3.05) is 0 Å². The topological polar surface area (TPSA) is 66.8 Å². The van der Waals surface area contributed by atoms with Gasteiger partial charge in [0.25, 0.3) is 5.91 Å². The molecule has 1 aromatic rings. The van der Waals surface area contributed by atoms with Gasteiger partial charge in [-0.1, -0.05) is 0 Å². The normalized spacial score (nSPS) is 16.0. The van der Waals surface area contributed by atoms with Crippen LogP contribution in [0.4, 0.5) is 13.2 Å². The second-order valence-electron chi connectivity index (χ2n) is 5.03. The quantitative estimate of drug-likeness (QED) is 0.906. The monoisotopic (exact) mass is 317 g/mol. The third-order valence-corrected chi connectivity index (χ3v) is 3.28. The first-order valence-electron chi connectivity index (χ1n) is 6.60. The van der Waals surface area contributed by atoms with Gasteiger partial charge in [-0.25, -0.2) is 4.79 Å². The zero-order chi connectivity index (χ0) is 16.5. The van der Waals surface area contributed by atoms with Gasteiger partial charge in [0, 0.05) is 11.6 Å². The van der Waals surface area contributed by atoms with Crippen molar-refractivity contribution in [1.29, 1.82) is 0 Å². The summed E-state index contributed by atoms with van der Waals surface area (Å²) in [7, 11) is 0. The molecule has 1 aliphatic carbocycles. The Morgan fingerprint density at radius 3 is 2.23 bits per heavy atom. The molecule has 1 atom stereocenters. The third kappa shape index (κ3) is 3.90. The SMILES string of the molecule is CC(C(=O)O)N(C(=O)c1ccc(OC(F)(F)F)cc1)C1CC1. The van der Waals surface area contributed by atoms with Crippen molar-refractivity contribution >= 4 is 11.9 Å². The molecule has 2 rings (SSSR count). The van der Waals surface area contributed by atoms with E-state index in [1.807, 2.05) is 0 Å². The molecule has 0 radical (unpaired) electrons. The van der Waals surface area contributed by atoms with Crippen molar-refractivity contribution in [2.45, 2.75) is 38.2 Å². The molecule has 1 saturated carbocycles. The molecule has 22 heavy (non-hydrogen) atoms. The number of carboxylic acids is 1. The molecule has 1 N–H and O–H groups in total. The molecule has 0 spiro atoms. The van der Waals surface area contributed by atoms with Gasteiger partial charge in [-0.3, -0.25) is 4.79 Å². The lowest BCUT2D eigenvalue weighted by Gasteiger charge is -2.26. The molecule has 1 fully saturated rings. The van der Waals surface area contributed by atoms with Gasteiger partial charge in [-0.15, -0.1) is 13.2 Å². The van der Waals surface area contributed by atoms with Crippen LogP contribution in [-0.4, -0.2) is 40.3 Å². The molecule has 1 amide bonds. The Labute approximate surface area is 124 Å². The number of rotatable bonds is 5. The molecule has 120 valence electrons. The summed E-state index contributed by atoms with van der Waals surface area (Å²) in [4.78, 5) is 24.7. The zero-order valence-corrected chi connectivity index (χ0v) is 11.6. The van der Waals surface area contributed by atoms with Crippen LogP contribution in [0, 0.1) is 0 Å². The van der Waals surface area contributed by atoms with Crippen LogP contribution < -0.4 is 4.74 Å². The maximum Gasteiger partial charge on any atom is 0.573 e. The van der Waals surface area contributed by atoms with E-state index in [4.69, 9.17) is 5.11 Å². The molecule has 1 aromatic carbocycles. The smallest absolute Gasteiger partial charge is 0.480 e. The Morgan fingerprint density at radius 1 is 1.27 bits per heavy atom. The van der Waals surface area contributed by atoms with Gasteiger partial charge in [0.2, 0.25) is 0 Å². The Hall–Kier alpha value is -2.25. The summed E-state index contributed by atoms with van der Waals surface area (Å²) in [6, 6.07) is 3.30. The molecule has 0 saturated heterocycles. The predicted octanol–water partition coefficient (Wildman–Crippen LogP) is 2.66. The van der Waals surface area contributed by atoms with E-state index in [1.165, 1.54) is 24.0 Å². The number of benzene rings is 1. The van der Waals surface area contributed by atoms with Crippen LogP contribution >= 0.6 is 0 Å². The Balaban J connectivity index is 2.15. The molecule has 1 unspecified atom stereocenters. The standard InChI is InChI=1S/C14H14F3NO4/c1-8(13(20)21)18(10-4-5-10)12(19)9-2-6-11(7-3-9)22-14(15,16)17/h2-3,6-8,10H,4-5H2,1H3,(H,20,21). The second-order valence-corrected chi connectivity index (χ2v) is 5.03. The fraction of sp³-hybridized carbons (Fsp3) is 0.429. The number of hydrogen-bond donors (Lipinski definition) is 1. The maximum absolute atomic E-state index is 12.4. The first-order chi connectivity index (χ1) is 10.2. The largest absolute Gasteiger partial charge is 0.573 e. The fourth-order valence-electron chi connectivity index (χ4n) is 2.08. The molecule has 0 aromatic heterocycles. The van der Waals surface area contributed by atoms with E-state index in [2.05, 4.69) is 4.74 Å². The number of aliphatic carboxylic acids is 1. The average molecular weight is 317 g/mol. The van der Waals surface area contributed by atoms with Crippen molar-refractivity contribution in [3.8, 4) is 5.75 Å². The number of hydrogen-bond acceptors (Lipinski definition) is 3. The summed E-state index contributed by atoms with van der Waals surface area (Å²) >= 11 is 0. The van der Waals surface area contributed by atoms with Crippen LogP contribution in [-0.2, 0) is 4.79 Å².